The topological polar surface area (TPSA) is 39.7 Å². The number of hydrogen-bond donors (Lipinski definition) is 1. The minimum absolute atomic E-state index is 0.0906. The number of morpholine rings is 1. The summed E-state index contributed by atoms with van der Waals surface area (Å²) in [7, 11) is 1.63. The first-order valence-corrected chi connectivity index (χ1v) is 8.03. The van der Waals surface area contributed by atoms with Crippen LogP contribution in [0.4, 0.5) is 0 Å². The number of nitrogens with one attached hydrogen (secondary N) is 1. The lowest BCUT2D eigenvalue weighted by Crippen LogP contribution is -2.43. The number of rotatable bonds is 5. The number of hydrogen-bond acceptors (Lipinski definition) is 4. The molecular weight excluding hydrogens is 314 g/mol. The highest BCUT2D eigenvalue weighted by atomic mass is 35.5. The van der Waals surface area contributed by atoms with Gasteiger partial charge in [0, 0.05) is 18.1 Å². The maximum absolute atomic E-state index is 6.27. The van der Waals surface area contributed by atoms with Crippen molar-refractivity contribution < 1.29 is 14.2 Å². The second-order valence-electron chi connectivity index (χ2n) is 5.36. The van der Waals surface area contributed by atoms with E-state index in [-0.39, 0.29) is 12.2 Å². The Kier molecular flexibility index (Phi) is 5.39. The van der Waals surface area contributed by atoms with Crippen molar-refractivity contribution in [3.8, 4) is 11.5 Å². The molecule has 4 nitrogen and oxygen atoms in total. The second kappa shape index (κ2) is 7.68. The van der Waals surface area contributed by atoms with Crippen molar-refractivity contribution in [3.63, 3.8) is 0 Å². The summed E-state index contributed by atoms with van der Waals surface area (Å²) in [4.78, 5) is 0. The summed E-state index contributed by atoms with van der Waals surface area (Å²) in [6, 6.07) is 15.3. The third kappa shape index (κ3) is 3.96. The highest BCUT2D eigenvalue weighted by Crippen LogP contribution is 2.34. The van der Waals surface area contributed by atoms with Gasteiger partial charge < -0.3 is 19.5 Å². The van der Waals surface area contributed by atoms with Gasteiger partial charge in [-0.15, -0.1) is 0 Å². The zero-order valence-electron chi connectivity index (χ0n) is 13.0. The molecular formula is C18H20ClNO3. The summed E-state index contributed by atoms with van der Waals surface area (Å²) in [5.41, 5.74) is 0.983. The molecule has 0 amide bonds. The molecule has 2 aromatic carbocycles. The van der Waals surface area contributed by atoms with Crippen molar-refractivity contribution in [2.45, 2.75) is 12.2 Å². The van der Waals surface area contributed by atoms with E-state index in [0.717, 1.165) is 18.7 Å². The summed E-state index contributed by atoms with van der Waals surface area (Å²) in [6.07, 6.45) is -0.357. The lowest BCUT2D eigenvalue weighted by molar-refractivity contribution is -0.0438. The largest absolute Gasteiger partial charge is 0.493 e. The normalized spacial score (nSPS) is 19.1. The molecule has 1 saturated heterocycles. The number of ether oxygens (including phenoxy) is 3. The zero-order chi connectivity index (χ0) is 16.1. The van der Waals surface area contributed by atoms with Crippen molar-refractivity contribution >= 4 is 11.6 Å². The van der Waals surface area contributed by atoms with E-state index in [1.54, 1.807) is 7.11 Å². The van der Waals surface area contributed by atoms with Crippen LogP contribution >= 0.6 is 11.6 Å². The fourth-order valence-corrected chi connectivity index (χ4v) is 2.87. The molecule has 1 fully saturated rings. The minimum atomic E-state index is -0.266. The first kappa shape index (κ1) is 16.1. The van der Waals surface area contributed by atoms with Gasteiger partial charge in [-0.05, 0) is 29.8 Å². The predicted molar refractivity (Wildman–Crippen MR) is 90.4 cm³/mol. The molecule has 23 heavy (non-hydrogen) atoms. The van der Waals surface area contributed by atoms with Gasteiger partial charge in [-0.1, -0.05) is 35.9 Å². The van der Waals surface area contributed by atoms with Crippen LogP contribution in [0.3, 0.4) is 0 Å². The van der Waals surface area contributed by atoms with Crippen molar-refractivity contribution in [3.05, 3.63) is 59.1 Å². The SMILES string of the molecule is COc1ccccc1OC(c1cccc(Cl)c1)C1CNCCO1. The van der Waals surface area contributed by atoms with Crippen LogP contribution in [-0.2, 0) is 4.74 Å². The number of halogens is 1. The first-order chi connectivity index (χ1) is 11.3. The molecule has 1 heterocycles. The third-order valence-electron chi connectivity index (χ3n) is 3.79. The summed E-state index contributed by atoms with van der Waals surface area (Å²) in [5, 5.41) is 4.03. The molecule has 1 aliphatic rings. The summed E-state index contributed by atoms with van der Waals surface area (Å²) in [6.45, 7) is 2.25. The maximum atomic E-state index is 6.27. The quantitative estimate of drug-likeness (QED) is 0.909. The fourth-order valence-electron chi connectivity index (χ4n) is 2.68. The van der Waals surface area contributed by atoms with Crippen molar-refractivity contribution in [2.24, 2.45) is 0 Å². The molecule has 2 unspecified atom stereocenters. The molecule has 122 valence electrons. The lowest BCUT2D eigenvalue weighted by Gasteiger charge is -2.32. The first-order valence-electron chi connectivity index (χ1n) is 7.65. The van der Waals surface area contributed by atoms with E-state index in [2.05, 4.69) is 5.32 Å². The molecule has 1 N–H and O–H groups in total. The minimum Gasteiger partial charge on any atom is -0.493 e. The van der Waals surface area contributed by atoms with Gasteiger partial charge in [0.2, 0.25) is 0 Å². The van der Waals surface area contributed by atoms with E-state index in [0.29, 0.717) is 23.1 Å². The number of methoxy groups -OCH3 is 1. The highest BCUT2D eigenvalue weighted by Gasteiger charge is 2.28. The number of para-hydroxylation sites is 2. The van der Waals surface area contributed by atoms with Crippen LogP contribution in [0.5, 0.6) is 11.5 Å². The van der Waals surface area contributed by atoms with E-state index in [1.807, 2.05) is 48.5 Å². The van der Waals surface area contributed by atoms with Gasteiger partial charge in [-0.2, -0.15) is 0 Å². The maximum Gasteiger partial charge on any atom is 0.162 e. The van der Waals surface area contributed by atoms with E-state index < -0.39 is 0 Å². The molecule has 3 rings (SSSR count). The zero-order valence-corrected chi connectivity index (χ0v) is 13.8. The van der Waals surface area contributed by atoms with Gasteiger partial charge in [0.15, 0.2) is 17.6 Å². The second-order valence-corrected chi connectivity index (χ2v) is 5.79. The Morgan fingerprint density at radius 1 is 1.17 bits per heavy atom. The Morgan fingerprint density at radius 2 is 2.00 bits per heavy atom. The molecule has 0 spiro atoms. The van der Waals surface area contributed by atoms with Crippen molar-refractivity contribution in [1.82, 2.24) is 5.32 Å². The highest BCUT2D eigenvalue weighted by molar-refractivity contribution is 6.30. The lowest BCUT2D eigenvalue weighted by atomic mass is 10.0. The third-order valence-corrected chi connectivity index (χ3v) is 4.03. The van der Waals surface area contributed by atoms with E-state index in [4.69, 9.17) is 25.8 Å². The van der Waals surface area contributed by atoms with Gasteiger partial charge in [-0.25, -0.2) is 0 Å². The van der Waals surface area contributed by atoms with Crippen LogP contribution in [0.25, 0.3) is 0 Å². The Hall–Kier alpha value is -1.75. The monoisotopic (exact) mass is 333 g/mol. The van der Waals surface area contributed by atoms with Crippen LogP contribution in [-0.4, -0.2) is 32.9 Å². The van der Waals surface area contributed by atoms with Gasteiger partial charge in [0.1, 0.15) is 6.10 Å². The van der Waals surface area contributed by atoms with Crippen LogP contribution in [0.15, 0.2) is 48.5 Å². The van der Waals surface area contributed by atoms with Gasteiger partial charge in [0.25, 0.3) is 0 Å². The van der Waals surface area contributed by atoms with E-state index >= 15 is 0 Å². The Labute approximate surface area is 141 Å². The smallest absolute Gasteiger partial charge is 0.162 e. The van der Waals surface area contributed by atoms with Gasteiger partial charge in [0.05, 0.1) is 13.7 Å². The molecule has 0 bridgehead atoms. The molecule has 0 aliphatic carbocycles. The molecule has 2 aromatic rings. The summed E-state index contributed by atoms with van der Waals surface area (Å²) >= 11 is 6.15. The van der Waals surface area contributed by atoms with Crippen molar-refractivity contribution in [2.75, 3.05) is 26.8 Å². The molecule has 0 aromatic heterocycles. The van der Waals surface area contributed by atoms with E-state index in [9.17, 15) is 0 Å². The van der Waals surface area contributed by atoms with Crippen LogP contribution in [0.1, 0.15) is 11.7 Å². The van der Waals surface area contributed by atoms with Gasteiger partial charge >= 0.3 is 0 Å². The van der Waals surface area contributed by atoms with Crippen LogP contribution < -0.4 is 14.8 Å². The predicted octanol–water partition coefficient (Wildman–Crippen LogP) is 3.46. The Balaban J connectivity index is 1.91. The Bertz CT molecular complexity index is 644. The van der Waals surface area contributed by atoms with Crippen LogP contribution in [0, 0.1) is 0 Å². The fraction of sp³-hybridized carbons (Fsp3) is 0.333. The average Bonchev–Trinajstić information content (AvgIpc) is 2.60. The van der Waals surface area contributed by atoms with Crippen molar-refractivity contribution in [1.29, 1.82) is 0 Å². The summed E-state index contributed by atoms with van der Waals surface area (Å²) in [5.74, 6) is 1.39. The molecule has 0 radical (unpaired) electrons. The Morgan fingerprint density at radius 3 is 2.70 bits per heavy atom. The molecule has 0 saturated carbocycles. The van der Waals surface area contributed by atoms with Crippen LogP contribution in [0.2, 0.25) is 5.02 Å². The summed E-state index contributed by atoms with van der Waals surface area (Å²) < 4.78 is 17.6. The molecule has 2 atom stereocenters. The number of benzene rings is 2. The average molecular weight is 334 g/mol. The van der Waals surface area contributed by atoms with E-state index in [1.165, 1.54) is 0 Å². The standard InChI is InChI=1S/C18H20ClNO3/c1-21-15-7-2-3-8-16(15)23-18(17-12-20-9-10-22-17)13-5-4-6-14(19)11-13/h2-8,11,17-18,20H,9-10,12H2,1H3. The van der Waals surface area contributed by atoms with Gasteiger partial charge in [-0.3, -0.25) is 0 Å². The molecule has 1 aliphatic heterocycles. The molecule has 5 heteroatoms.